The molecule has 1 amide bonds. The van der Waals surface area contributed by atoms with E-state index in [-0.39, 0.29) is 24.5 Å². The van der Waals surface area contributed by atoms with Gasteiger partial charge in [-0.2, -0.15) is 0 Å². The predicted molar refractivity (Wildman–Crippen MR) is 82.6 cm³/mol. The first-order chi connectivity index (χ1) is 10.3. The molecule has 0 saturated carbocycles. The number of carboxylic acids is 1. The quantitative estimate of drug-likeness (QED) is 0.770. The summed E-state index contributed by atoms with van der Waals surface area (Å²) < 4.78 is 10.8. The number of benzene rings is 1. The number of rotatable bonds is 8. The third kappa shape index (κ3) is 5.63. The fourth-order valence-corrected chi connectivity index (χ4v) is 1.88. The largest absolute Gasteiger partial charge is 0.497 e. The molecular formula is C16H23NO5. The topological polar surface area (TPSA) is 84.9 Å². The van der Waals surface area contributed by atoms with E-state index in [0.29, 0.717) is 23.5 Å². The summed E-state index contributed by atoms with van der Waals surface area (Å²) >= 11 is 0. The molecule has 6 heteroatoms. The maximum absolute atomic E-state index is 12.3. The van der Waals surface area contributed by atoms with Crippen LogP contribution in [0.25, 0.3) is 0 Å². The number of carbonyl (C=O) groups is 2. The molecule has 0 radical (unpaired) electrons. The lowest BCUT2D eigenvalue weighted by atomic mass is 10.1. The Balaban J connectivity index is 2.84. The summed E-state index contributed by atoms with van der Waals surface area (Å²) in [4.78, 5) is 22.9. The highest BCUT2D eigenvalue weighted by Crippen LogP contribution is 2.26. The lowest BCUT2D eigenvalue weighted by Crippen LogP contribution is -2.33. The molecule has 0 aromatic heterocycles. The van der Waals surface area contributed by atoms with E-state index in [1.165, 1.54) is 0 Å². The van der Waals surface area contributed by atoms with Gasteiger partial charge in [-0.1, -0.05) is 0 Å². The van der Waals surface area contributed by atoms with Crippen LogP contribution in [0.3, 0.4) is 0 Å². The Labute approximate surface area is 130 Å². The fraction of sp³-hybridized carbons (Fsp3) is 0.500. The molecule has 0 fully saturated rings. The first-order valence-electron chi connectivity index (χ1n) is 7.20. The summed E-state index contributed by atoms with van der Waals surface area (Å²) in [6.45, 7) is 5.51. The van der Waals surface area contributed by atoms with Crippen LogP contribution in [-0.2, 0) is 4.79 Å². The lowest BCUT2D eigenvalue weighted by Gasteiger charge is -2.17. The minimum absolute atomic E-state index is 0.0133. The predicted octanol–water partition coefficient (Wildman–Crippen LogP) is 2.47. The van der Waals surface area contributed by atoms with E-state index in [2.05, 4.69) is 5.32 Å². The summed E-state index contributed by atoms with van der Waals surface area (Å²) in [7, 11) is 1.54. The van der Waals surface area contributed by atoms with Crippen LogP contribution in [0.5, 0.6) is 11.5 Å². The average molecular weight is 309 g/mol. The zero-order valence-electron chi connectivity index (χ0n) is 13.4. The number of ether oxygens (including phenoxy) is 2. The van der Waals surface area contributed by atoms with Crippen LogP contribution < -0.4 is 14.8 Å². The Kier molecular flexibility index (Phi) is 6.69. The van der Waals surface area contributed by atoms with Gasteiger partial charge in [0.05, 0.1) is 18.8 Å². The van der Waals surface area contributed by atoms with Crippen LogP contribution in [0.2, 0.25) is 0 Å². The molecule has 1 aromatic carbocycles. The minimum atomic E-state index is -0.880. The van der Waals surface area contributed by atoms with Gasteiger partial charge < -0.3 is 19.9 Å². The van der Waals surface area contributed by atoms with Crippen LogP contribution in [0.15, 0.2) is 18.2 Å². The van der Waals surface area contributed by atoms with E-state index >= 15 is 0 Å². The van der Waals surface area contributed by atoms with Gasteiger partial charge in [-0.25, -0.2) is 0 Å². The molecule has 1 aromatic rings. The summed E-state index contributed by atoms with van der Waals surface area (Å²) in [5.74, 6) is -0.131. The first kappa shape index (κ1) is 17.8. The first-order valence-corrected chi connectivity index (χ1v) is 7.20. The van der Waals surface area contributed by atoms with E-state index in [1.807, 2.05) is 13.8 Å². The summed E-state index contributed by atoms with van der Waals surface area (Å²) in [5.41, 5.74) is 0.400. The highest BCUT2D eigenvalue weighted by Gasteiger charge is 2.17. The number of carboxylic acid groups (broad SMARTS) is 1. The van der Waals surface area contributed by atoms with Gasteiger partial charge in [0.1, 0.15) is 11.5 Å². The summed E-state index contributed by atoms with van der Waals surface area (Å²) in [5, 5.41) is 11.4. The third-order valence-electron chi connectivity index (χ3n) is 2.96. The molecule has 0 bridgehead atoms. The van der Waals surface area contributed by atoms with Crippen molar-refractivity contribution in [3.05, 3.63) is 23.8 Å². The molecule has 0 heterocycles. The van der Waals surface area contributed by atoms with Crippen molar-refractivity contribution in [2.24, 2.45) is 0 Å². The SMILES string of the molecule is COc1ccc(C(=O)NC(C)CCC(=O)O)c(OC(C)C)c1. The second-order valence-electron chi connectivity index (χ2n) is 5.34. The van der Waals surface area contributed by atoms with Gasteiger partial charge in [0, 0.05) is 18.5 Å². The smallest absolute Gasteiger partial charge is 0.303 e. The molecular weight excluding hydrogens is 286 g/mol. The molecule has 1 atom stereocenters. The standard InChI is InChI=1S/C16H23NO5/c1-10(2)22-14-9-12(21-4)6-7-13(14)16(20)17-11(3)5-8-15(18)19/h6-7,9-11H,5,8H2,1-4H3,(H,17,20)(H,18,19). The lowest BCUT2D eigenvalue weighted by molar-refractivity contribution is -0.137. The van der Waals surface area contributed by atoms with Crippen LogP contribution in [0.1, 0.15) is 44.0 Å². The number of hydrogen-bond donors (Lipinski definition) is 2. The van der Waals surface area contributed by atoms with E-state index in [0.717, 1.165) is 0 Å². The van der Waals surface area contributed by atoms with Crippen molar-refractivity contribution in [1.82, 2.24) is 5.32 Å². The van der Waals surface area contributed by atoms with E-state index in [4.69, 9.17) is 14.6 Å². The Hall–Kier alpha value is -2.24. The van der Waals surface area contributed by atoms with Gasteiger partial charge in [-0.05, 0) is 39.3 Å². The van der Waals surface area contributed by atoms with Crippen molar-refractivity contribution in [3.63, 3.8) is 0 Å². The van der Waals surface area contributed by atoms with Gasteiger partial charge in [0.25, 0.3) is 5.91 Å². The Bertz CT molecular complexity index is 527. The summed E-state index contributed by atoms with van der Waals surface area (Å²) in [6.07, 6.45) is 0.305. The van der Waals surface area contributed by atoms with Gasteiger partial charge in [0.2, 0.25) is 0 Å². The fourth-order valence-electron chi connectivity index (χ4n) is 1.88. The molecule has 2 N–H and O–H groups in total. The Morgan fingerprint density at radius 1 is 1.27 bits per heavy atom. The number of methoxy groups -OCH3 is 1. The van der Waals surface area contributed by atoms with Crippen LogP contribution in [-0.4, -0.2) is 36.2 Å². The maximum atomic E-state index is 12.3. The van der Waals surface area contributed by atoms with Crippen molar-refractivity contribution < 1.29 is 24.2 Å². The molecule has 0 aliphatic carbocycles. The second-order valence-corrected chi connectivity index (χ2v) is 5.34. The van der Waals surface area contributed by atoms with Crippen molar-refractivity contribution in [2.45, 2.75) is 45.8 Å². The molecule has 22 heavy (non-hydrogen) atoms. The molecule has 0 spiro atoms. The molecule has 1 rings (SSSR count). The Morgan fingerprint density at radius 2 is 1.95 bits per heavy atom. The molecule has 122 valence electrons. The van der Waals surface area contributed by atoms with Crippen molar-refractivity contribution >= 4 is 11.9 Å². The van der Waals surface area contributed by atoms with Crippen LogP contribution >= 0.6 is 0 Å². The van der Waals surface area contributed by atoms with Crippen molar-refractivity contribution in [1.29, 1.82) is 0 Å². The zero-order valence-corrected chi connectivity index (χ0v) is 13.4. The minimum Gasteiger partial charge on any atom is -0.497 e. The van der Waals surface area contributed by atoms with Crippen LogP contribution in [0.4, 0.5) is 0 Å². The number of aliphatic carboxylic acids is 1. The number of carbonyl (C=O) groups excluding carboxylic acids is 1. The molecule has 0 saturated heterocycles. The molecule has 0 aliphatic rings. The van der Waals surface area contributed by atoms with Crippen molar-refractivity contribution in [2.75, 3.05) is 7.11 Å². The highest BCUT2D eigenvalue weighted by molar-refractivity contribution is 5.97. The zero-order chi connectivity index (χ0) is 16.7. The third-order valence-corrected chi connectivity index (χ3v) is 2.96. The number of nitrogens with one attached hydrogen (secondary N) is 1. The van der Waals surface area contributed by atoms with Gasteiger partial charge in [-0.3, -0.25) is 9.59 Å². The molecule has 0 aliphatic heterocycles. The maximum Gasteiger partial charge on any atom is 0.303 e. The monoisotopic (exact) mass is 309 g/mol. The average Bonchev–Trinajstić information content (AvgIpc) is 2.44. The number of hydrogen-bond acceptors (Lipinski definition) is 4. The van der Waals surface area contributed by atoms with E-state index in [9.17, 15) is 9.59 Å². The highest BCUT2D eigenvalue weighted by atomic mass is 16.5. The van der Waals surface area contributed by atoms with Gasteiger partial charge >= 0.3 is 5.97 Å². The van der Waals surface area contributed by atoms with E-state index < -0.39 is 5.97 Å². The van der Waals surface area contributed by atoms with Crippen molar-refractivity contribution in [3.8, 4) is 11.5 Å². The normalized spacial score (nSPS) is 11.9. The van der Waals surface area contributed by atoms with E-state index in [1.54, 1.807) is 32.2 Å². The summed E-state index contributed by atoms with van der Waals surface area (Å²) in [6, 6.07) is 4.74. The van der Waals surface area contributed by atoms with Gasteiger partial charge in [0.15, 0.2) is 0 Å². The Morgan fingerprint density at radius 3 is 2.50 bits per heavy atom. The molecule has 6 nitrogen and oxygen atoms in total. The number of amides is 1. The second kappa shape index (κ2) is 8.26. The van der Waals surface area contributed by atoms with Gasteiger partial charge in [-0.15, -0.1) is 0 Å². The molecule has 1 unspecified atom stereocenters. The van der Waals surface area contributed by atoms with Crippen LogP contribution in [0, 0.1) is 0 Å².